The molecule has 1 heteroatoms. The average molecular weight is 388 g/mol. The van der Waals surface area contributed by atoms with Crippen molar-refractivity contribution in [3.63, 3.8) is 0 Å². The highest BCUT2D eigenvalue weighted by Crippen LogP contribution is 2.40. The highest BCUT2D eigenvalue weighted by atomic mass is 14.9. The van der Waals surface area contributed by atoms with Crippen molar-refractivity contribution in [3.8, 4) is 0 Å². The first-order chi connectivity index (χ1) is 13.7. The van der Waals surface area contributed by atoms with E-state index >= 15 is 0 Å². The fourth-order valence-electron chi connectivity index (χ4n) is 3.88. The molecule has 1 aromatic carbocycles. The van der Waals surface area contributed by atoms with Gasteiger partial charge in [-0.2, -0.15) is 0 Å². The van der Waals surface area contributed by atoms with E-state index in [1.165, 1.54) is 36.0 Å². The molecule has 0 spiro atoms. The summed E-state index contributed by atoms with van der Waals surface area (Å²) in [6.07, 6.45) is 16.9. The number of anilines is 1. The second-order valence-electron chi connectivity index (χ2n) is 8.89. The van der Waals surface area contributed by atoms with E-state index in [1.54, 1.807) is 5.57 Å². The first-order valence-corrected chi connectivity index (χ1v) is 10.6. The lowest BCUT2D eigenvalue weighted by Gasteiger charge is -2.32. The third kappa shape index (κ3) is 7.09. The van der Waals surface area contributed by atoms with Crippen LogP contribution in [0.3, 0.4) is 0 Å². The molecule has 0 heterocycles. The normalized spacial score (nSPS) is 18.0. The molecule has 1 aromatic rings. The van der Waals surface area contributed by atoms with Crippen molar-refractivity contribution in [3.05, 3.63) is 101 Å². The lowest BCUT2D eigenvalue weighted by atomic mass is 9.72. The number of nitrogens with one attached hydrogen (secondary N) is 1. The van der Waals surface area contributed by atoms with Crippen LogP contribution in [-0.2, 0) is 0 Å². The van der Waals surface area contributed by atoms with Gasteiger partial charge in [-0.25, -0.2) is 0 Å². The number of para-hydroxylation sites is 1. The molecule has 1 nitrogen and oxygen atoms in total. The highest BCUT2D eigenvalue weighted by molar-refractivity contribution is 5.56. The zero-order chi connectivity index (χ0) is 21.4. The van der Waals surface area contributed by atoms with E-state index in [0.717, 1.165) is 17.0 Å². The molecule has 0 saturated carbocycles. The molecule has 0 fully saturated rings. The second-order valence-corrected chi connectivity index (χ2v) is 8.89. The zero-order valence-electron chi connectivity index (χ0n) is 19.1. The number of hydrogen-bond acceptors (Lipinski definition) is 1. The third-order valence-electron chi connectivity index (χ3n) is 5.62. The van der Waals surface area contributed by atoms with Crippen molar-refractivity contribution in [2.24, 2.45) is 5.41 Å². The first-order valence-electron chi connectivity index (χ1n) is 10.6. The first kappa shape index (κ1) is 22.7. The van der Waals surface area contributed by atoms with E-state index in [9.17, 15) is 0 Å². The van der Waals surface area contributed by atoms with Gasteiger partial charge in [0.2, 0.25) is 0 Å². The lowest BCUT2D eigenvalue weighted by Crippen LogP contribution is -2.19. The van der Waals surface area contributed by atoms with E-state index in [1.807, 2.05) is 12.1 Å². The molecule has 154 valence electrons. The average Bonchev–Trinajstić information content (AvgIpc) is 2.62. The van der Waals surface area contributed by atoms with E-state index in [4.69, 9.17) is 0 Å². The van der Waals surface area contributed by atoms with Gasteiger partial charge in [0, 0.05) is 11.4 Å². The SMILES string of the molecule is C=C(/C=C(C)/C=C/C=C(C)/C=C/C1=C(C)CCCC1(C)C)Nc1ccccc1C. The number of allylic oxidation sites excluding steroid dienone is 10. The van der Waals surface area contributed by atoms with Crippen molar-refractivity contribution in [2.45, 2.75) is 60.8 Å². The van der Waals surface area contributed by atoms with Crippen molar-refractivity contribution in [2.75, 3.05) is 5.32 Å². The number of rotatable bonds is 7. The van der Waals surface area contributed by atoms with E-state index < -0.39 is 0 Å². The molecular weight excluding hydrogens is 350 g/mol. The van der Waals surface area contributed by atoms with Crippen LogP contribution in [0.25, 0.3) is 0 Å². The maximum absolute atomic E-state index is 4.12. The van der Waals surface area contributed by atoms with Gasteiger partial charge >= 0.3 is 0 Å². The Labute approximate surface area is 178 Å². The van der Waals surface area contributed by atoms with Crippen LogP contribution in [0, 0.1) is 12.3 Å². The monoisotopic (exact) mass is 387 g/mol. The number of benzene rings is 1. The topological polar surface area (TPSA) is 12.0 Å². The molecule has 0 aromatic heterocycles. The second kappa shape index (κ2) is 10.3. The maximum atomic E-state index is 4.12. The summed E-state index contributed by atoms with van der Waals surface area (Å²) in [6, 6.07) is 8.25. The van der Waals surface area contributed by atoms with Gasteiger partial charge < -0.3 is 5.32 Å². The quantitative estimate of drug-likeness (QED) is 0.463. The van der Waals surface area contributed by atoms with Gasteiger partial charge in [0.05, 0.1) is 0 Å². The van der Waals surface area contributed by atoms with Gasteiger partial charge in [0.1, 0.15) is 0 Å². The largest absolute Gasteiger partial charge is 0.356 e. The minimum Gasteiger partial charge on any atom is -0.356 e. The molecular formula is C28H37N. The van der Waals surface area contributed by atoms with Gasteiger partial charge in [-0.3, -0.25) is 0 Å². The minimum absolute atomic E-state index is 0.290. The van der Waals surface area contributed by atoms with Crippen LogP contribution in [0.15, 0.2) is 95.3 Å². The van der Waals surface area contributed by atoms with Crippen LogP contribution < -0.4 is 5.32 Å². The maximum Gasteiger partial charge on any atom is 0.0413 e. The van der Waals surface area contributed by atoms with E-state index in [-0.39, 0.29) is 0 Å². The fourth-order valence-corrected chi connectivity index (χ4v) is 3.88. The summed E-state index contributed by atoms with van der Waals surface area (Å²) >= 11 is 0. The predicted octanol–water partition coefficient (Wildman–Crippen LogP) is 8.45. The Balaban J connectivity index is 1.98. The van der Waals surface area contributed by atoms with Gasteiger partial charge in [-0.15, -0.1) is 0 Å². The van der Waals surface area contributed by atoms with E-state index in [0.29, 0.717) is 5.41 Å². The minimum atomic E-state index is 0.290. The van der Waals surface area contributed by atoms with Crippen molar-refractivity contribution in [1.82, 2.24) is 0 Å². The molecule has 1 aliphatic rings. The molecule has 0 radical (unpaired) electrons. The smallest absolute Gasteiger partial charge is 0.0413 e. The van der Waals surface area contributed by atoms with Crippen LogP contribution in [0.1, 0.15) is 59.4 Å². The summed E-state index contributed by atoms with van der Waals surface area (Å²) in [4.78, 5) is 0. The number of aryl methyl sites for hydroxylation is 1. The fraction of sp³-hybridized carbons (Fsp3) is 0.357. The summed E-state index contributed by atoms with van der Waals surface area (Å²) in [5.74, 6) is 0. The molecule has 1 aliphatic carbocycles. The van der Waals surface area contributed by atoms with Crippen LogP contribution in [0.5, 0.6) is 0 Å². The van der Waals surface area contributed by atoms with Gasteiger partial charge in [-0.1, -0.05) is 80.2 Å². The number of hydrogen-bond donors (Lipinski definition) is 1. The Morgan fingerprint density at radius 3 is 2.48 bits per heavy atom. The van der Waals surface area contributed by atoms with Crippen LogP contribution in [0.2, 0.25) is 0 Å². The van der Waals surface area contributed by atoms with Crippen molar-refractivity contribution in [1.29, 1.82) is 0 Å². The zero-order valence-corrected chi connectivity index (χ0v) is 19.1. The third-order valence-corrected chi connectivity index (χ3v) is 5.62. The summed E-state index contributed by atoms with van der Waals surface area (Å²) in [5, 5.41) is 3.37. The van der Waals surface area contributed by atoms with Gasteiger partial charge in [-0.05, 0) is 81.2 Å². The molecule has 0 saturated heterocycles. The Bertz CT molecular complexity index is 885. The molecule has 0 bridgehead atoms. The standard InChI is InChI=1S/C28H37N/c1-21(17-18-26-23(3)15-11-19-28(26,6)7)12-10-13-22(2)20-25(5)29-27-16-9-8-14-24(27)4/h8-10,12-14,16-18,20,29H,5,11,15,19H2,1-4,6-7H3/b13-10+,18-17+,21-12+,22-20+. The Hall–Kier alpha value is -2.54. The van der Waals surface area contributed by atoms with Crippen LogP contribution in [-0.4, -0.2) is 0 Å². The van der Waals surface area contributed by atoms with Gasteiger partial charge in [0.25, 0.3) is 0 Å². The Morgan fingerprint density at radius 2 is 1.79 bits per heavy atom. The molecule has 0 amide bonds. The molecule has 29 heavy (non-hydrogen) atoms. The highest BCUT2D eigenvalue weighted by Gasteiger charge is 2.26. The van der Waals surface area contributed by atoms with Gasteiger partial charge in [0.15, 0.2) is 0 Å². The van der Waals surface area contributed by atoms with E-state index in [2.05, 4.69) is 102 Å². The lowest BCUT2D eigenvalue weighted by molar-refractivity contribution is 0.377. The predicted molar refractivity (Wildman–Crippen MR) is 130 cm³/mol. The molecule has 0 aliphatic heterocycles. The Morgan fingerprint density at radius 1 is 1.07 bits per heavy atom. The summed E-state index contributed by atoms with van der Waals surface area (Å²) in [6.45, 7) is 17.5. The molecule has 1 N–H and O–H groups in total. The Kier molecular flexibility index (Phi) is 8.08. The summed E-state index contributed by atoms with van der Waals surface area (Å²) < 4.78 is 0. The summed E-state index contributed by atoms with van der Waals surface area (Å²) in [5.41, 5.74) is 8.97. The van der Waals surface area contributed by atoms with Crippen molar-refractivity contribution < 1.29 is 0 Å². The molecule has 2 rings (SSSR count). The van der Waals surface area contributed by atoms with Crippen LogP contribution >= 0.6 is 0 Å². The summed E-state index contributed by atoms with van der Waals surface area (Å²) in [7, 11) is 0. The molecule has 0 atom stereocenters. The van der Waals surface area contributed by atoms with Crippen LogP contribution in [0.4, 0.5) is 5.69 Å². The van der Waals surface area contributed by atoms with Crippen molar-refractivity contribution >= 4 is 5.69 Å². The molecule has 0 unspecified atom stereocenters.